The fourth-order valence-electron chi connectivity index (χ4n) is 2.48. The predicted molar refractivity (Wildman–Crippen MR) is 115 cm³/mol. The first-order valence-electron chi connectivity index (χ1n) is 9.84. The second-order valence-corrected chi connectivity index (χ2v) is 7.79. The molecule has 11 nitrogen and oxygen atoms in total. The Morgan fingerprint density at radius 1 is 0.933 bits per heavy atom. The van der Waals surface area contributed by atoms with E-state index in [4.69, 9.17) is 16.6 Å². The monoisotopic (exact) mass is 449 g/mol. The summed E-state index contributed by atoms with van der Waals surface area (Å²) in [5.41, 5.74) is 11.1. The molecule has 0 aromatic carbocycles. The Morgan fingerprint density at radius 2 is 1.50 bits per heavy atom. The zero-order valence-electron chi connectivity index (χ0n) is 17.6. The number of nitrogens with two attached hydrogens (primary N) is 2. The van der Waals surface area contributed by atoms with Crippen LogP contribution in [0.25, 0.3) is 0 Å². The molecule has 0 rings (SSSR count). The van der Waals surface area contributed by atoms with E-state index in [9.17, 15) is 24.3 Å². The summed E-state index contributed by atoms with van der Waals surface area (Å²) >= 11 is 3.90. The zero-order chi connectivity index (χ0) is 23.4. The van der Waals surface area contributed by atoms with Crippen LogP contribution in [-0.2, 0) is 19.2 Å². The summed E-state index contributed by atoms with van der Waals surface area (Å²) in [5, 5.41) is 26.0. The molecule has 0 saturated heterocycles. The van der Waals surface area contributed by atoms with Gasteiger partial charge in [-0.05, 0) is 38.6 Å². The van der Waals surface area contributed by atoms with E-state index < -0.39 is 54.0 Å². The van der Waals surface area contributed by atoms with Crippen LogP contribution in [0.5, 0.6) is 0 Å². The molecule has 0 fully saturated rings. The van der Waals surface area contributed by atoms with Crippen molar-refractivity contribution in [2.45, 2.75) is 70.3 Å². The zero-order valence-corrected chi connectivity index (χ0v) is 18.5. The van der Waals surface area contributed by atoms with Crippen LogP contribution in [0.3, 0.4) is 0 Å². The Balaban J connectivity index is 5.34. The molecule has 0 heterocycles. The number of carboxylic acid groups (broad SMARTS) is 1. The van der Waals surface area contributed by atoms with Crippen molar-refractivity contribution in [1.29, 1.82) is 0 Å². The van der Waals surface area contributed by atoms with E-state index in [1.54, 1.807) is 13.8 Å². The number of carbonyl (C=O) groups excluding carboxylic acids is 3. The molecule has 0 radical (unpaired) electrons. The molecule has 0 aromatic heterocycles. The van der Waals surface area contributed by atoms with Crippen molar-refractivity contribution in [3.8, 4) is 0 Å². The van der Waals surface area contributed by atoms with Crippen molar-refractivity contribution in [1.82, 2.24) is 16.0 Å². The van der Waals surface area contributed by atoms with Gasteiger partial charge in [-0.3, -0.25) is 14.4 Å². The lowest BCUT2D eigenvalue weighted by molar-refractivity contribution is -0.142. The highest BCUT2D eigenvalue weighted by Crippen LogP contribution is 2.07. The lowest BCUT2D eigenvalue weighted by atomic mass is 10.0. The average molecular weight is 450 g/mol. The standard InChI is InChI=1S/C18H35N5O6S/c1-9(2)14(17(27)22-12(8-30)18(28)29)23-15(25)11(6-4-5-7-19)21-16(26)13(20)10(3)24/h9-14,24,30H,4-8,19-20H2,1-3H3,(H,21,26)(H,22,27)(H,23,25)(H,28,29). The molecule has 0 aromatic rings. The molecule has 0 aliphatic carbocycles. The maximum atomic E-state index is 12.8. The van der Waals surface area contributed by atoms with Gasteiger partial charge < -0.3 is 37.6 Å². The number of hydrogen-bond acceptors (Lipinski definition) is 8. The van der Waals surface area contributed by atoms with Gasteiger partial charge in [-0.15, -0.1) is 0 Å². The minimum absolute atomic E-state index is 0.116. The quantitative estimate of drug-likeness (QED) is 0.109. The van der Waals surface area contributed by atoms with E-state index in [-0.39, 0.29) is 18.1 Å². The Bertz CT molecular complexity index is 589. The number of carbonyl (C=O) groups is 4. The molecule has 9 N–H and O–H groups in total. The highest BCUT2D eigenvalue weighted by molar-refractivity contribution is 7.80. The molecule has 12 heteroatoms. The lowest BCUT2D eigenvalue weighted by Gasteiger charge is -2.27. The number of aliphatic hydroxyl groups is 1. The SMILES string of the molecule is CC(C)C(NC(=O)C(CCCCN)NC(=O)C(N)C(C)O)C(=O)NC(CS)C(=O)O. The van der Waals surface area contributed by atoms with Crippen molar-refractivity contribution in [2.75, 3.05) is 12.3 Å². The van der Waals surface area contributed by atoms with Gasteiger partial charge in [0.1, 0.15) is 24.2 Å². The molecule has 5 unspecified atom stereocenters. The summed E-state index contributed by atoms with van der Waals surface area (Å²) in [7, 11) is 0. The molecule has 3 amide bonds. The number of aliphatic carboxylic acids is 1. The molecule has 30 heavy (non-hydrogen) atoms. The van der Waals surface area contributed by atoms with Crippen LogP contribution in [0.15, 0.2) is 0 Å². The maximum Gasteiger partial charge on any atom is 0.327 e. The third-order valence-electron chi connectivity index (χ3n) is 4.45. The predicted octanol–water partition coefficient (Wildman–Crippen LogP) is -2.05. The van der Waals surface area contributed by atoms with Crippen molar-refractivity contribution >= 4 is 36.3 Å². The molecule has 0 aliphatic rings. The third-order valence-corrected chi connectivity index (χ3v) is 4.81. The molecule has 0 aliphatic heterocycles. The molecule has 174 valence electrons. The molecule has 0 bridgehead atoms. The highest BCUT2D eigenvalue weighted by Gasteiger charge is 2.31. The maximum absolute atomic E-state index is 12.8. The smallest absolute Gasteiger partial charge is 0.327 e. The Morgan fingerprint density at radius 3 is 1.93 bits per heavy atom. The van der Waals surface area contributed by atoms with Gasteiger partial charge in [-0.2, -0.15) is 12.6 Å². The largest absolute Gasteiger partial charge is 0.480 e. The van der Waals surface area contributed by atoms with E-state index in [0.717, 1.165) is 0 Å². The number of rotatable bonds is 14. The number of aliphatic hydroxyl groups excluding tert-OH is 1. The van der Waals surface area contributed by atoms with E-state index in [1.165, 1.54) is 6.92 Å². The number of thiol groups is 1. The van der Waals surface area contributed by atoms with Crippen LogP contribution in [0.2, 0.25) is 0 Å². The number of unbranched alkanes of at least 4 members (excludes halogenated alkanes) is 1. The fourth-order valence-corrected chi connectivity index (χ4v) is 2.73. The van der Waals surface area contributed by atoms with E-state index in [2.05, 4.69) is 28.6 Å². The van der Waals surface area contributed by atoms with Crippen molar-refractivity contribution < 1.29 is 29.4 Å². The van der Waals surface area contributed by atoms with Crippen LogP contribution in [0, 0.1) is 5.92 Å². The van der Waals surface area contributed by atoms with Crippen LogP contribution in [-0.4, -0.2) is 76.5 Å². The van der Waals surface area contributed by atoms with Gasteiger partial charge in [0.15, 0.2) is 0 Å². The topological polar surface area (TPSA) is 197 Å². The van der Waals surface area contributed by atoms with Crippen LogP contribution < -0.4 is 27.4 Å². The number of amides is 3. The molecule has 5 atom stereocenters. The summed E-state index contributed by atoms with van der Waals surface area (Å²) in [6.07, 6.45) is 0.305. The lowest BCUT2D eigenvalue weighted by Crippen LogP contribution is -2.59. The molecular weight excluding hydrogens is 414 g/mol. The summed E-state index contributed by atoms with van der Waals surface area (Å²) in [4.78, 5) is 48.6. The molecule has 0 saturated carbocycles. The van der Waals surface area contributed by atoms with Gasteiger partial charge in [-0.25, -0.2) is 4.79 Å². The van der Waals surface area contributed by atoms with Gasteiger partial charge in [0.2, 0.25) is 17.7 Å². The van der Waals surface area contributed by atoms with Crippen molar-refractivity contribution in [2.24, 2.45) is 17.4 Å². The van der Waals surface area contributed by atoms with E-state index in [0.29, 0.717) is 19.4 Å². The number of nitrogens with one attached hydrogen (secondary N) is 3. The van der Waals surface area contributed by atoms with Gasteiger partial charge >= 0.3 is 5.97 Å². The van der Waals surface area contributed by atoms with E-state index >= 15 is 0 Å². The Labute approximate surface area is 182 Å². The number of hydrogen-bond donors (Lipinski definition) is 8. The molecular formula is C18H35N5O6S. The normalized spacial score (nSPS) is 16.1. The summed E-state index contributed by atoms with van der Waals surface area (Å²) in [6.45, 7) is 5.14. The first-order chi connectivity index (χ1) is 14.0. The highest BCUT2D eigenvalue weighted by atomic mass is 32.1. The van der Waals surface area contributed by atoms with Crippen molar-refractivity contribution in [3.05, 3.63) is 0 Å². The first-order valence-corrected chi connectivity index (χ1v) is 10.5. The summed E-state index contributed by atoms with van der Waals surface area (Å²) in [6, 6.07) is -4.45. The summed E-state index contributed by atoms with van der Waals surface area (Å²) < 4.78 is 0. The minimum atomic E-state index is -1.24. The molecule has 0 spiro atoms. The van der Waals surface area contributed by atoms with Gasteiger partial charge in [0.05, 0.1) is 6.10 Å². The van der Waals surface area contributed by atoms with Gasteiger partial charge in [-0.1, -0.05) is 13.8 Å². The average Bonchev–Trinajstić information content (AvgIpc) is 2.67. The Kier molecular flexibility index (Phi) is 13.3. The number of carboxylic acids is 1. The first kappa shape index (κ1) is 28.1. The van der Waals surface area contributed by atoms with Crippen LogP contribution in [0.4, 0.5) is 0 Å². The van der Waals surface area contributed by atoms with Gasteiger partial charge in [0.25, 0.3) is 0 Å². The van der Waals surface area contributed by atoms with E-state index in [1.807, 2.05) is 0 Å². The second kappa shape index (κ2) is 14.2. The van der Waals surface area contributed by atoms with Gasteiger partial charge in [0, 0.05) is 5.75 Å². The Hall–Kier alpha value is -1.89. The van der Waals surface area contributed by atoms with Crippen molar-refractivity contribution in [3.63, 3.8) is 0 Å². The fraction of sp³-hybridized carbons (Fsp3) is 0.778. The van der Waals surface area contributed by atoms with Crippen LogP contribution in [0.1, 0.15) is 40.0 Å². The second-order valence-electron chi connectivity index (χ2n) is 7.42. The third kappa shape index (κ3) is 9.74. The summed E-state index contributed by atoms with van der Waals surface area (Å²) in [5.74, 6) is -3.72. The minimum Gasteiger partial charge on any atom is -0.480 e. The van der Waals surface area contributed by atoms with Crippen LogP contribution >= 0.6 is 12.6 Å².